The van der Waals surface area contributed by atoms with Crippen LogP contribution in [0.4, 0.5) is 0 Å². The molecule has 118 valence electrons. The third-order valence-corrected chi connectivity index (χ3v) is 5.71. The van der Waals surface area contributed by atoms with E-state index in [-0.39, 0.29) is 5.75 Å². The van der Waals surface area contributed by atoms with Crippen LogP contribution in [0.25, 0.3) is 0 Å². The van der Waals surface area contributed by atoms with Crippen molar-refractivity contribution in [3.8, 4) is 6.07 Å². The predicted octanol–water partition coefficient (Wildman–Crippen LogP) is 3.06. The van der Waals surface area contributed by atoms with E-state index in [1.807, 2.05) is 36.4 Å². The van der Waals surface area contributed by atoms with Crippen LogP contribution in [0, 0.1) is 11.3 Å². The number of benzene rings is 2. The lowest BCUT2D eigenvalue weighted by Crippen LogP contribution is -2.50. The molecule has 0 amide bonds. The normalized spacial score (nSPS) is 16.3. The topological polar surface area (TPSA) is 70.0 Å². The molecule has 0 atom stereocenters. The van der Waals surface area contributed by atoms with Crippen LogP contribution in [0.15, 0.2) is 54.6 Å². The molecule has 1 fully saturated rings. The zero-order valence-corrected chi connectivity index (χ0v) is 13.5. The first kappa shape index (κ1) is 15.7. The summed E-state index contributed by atoms with van der Waals surface area (Å²) >= 11 is 0. The second kappa shape index (κ2) is 6.15. The fourth-order valence-electron chi connectivity index (χ4n) is 3.02. The quantitative estimate of drug-likeness (QED) is 0.918. The van der Waals surface area contributed by atoms with Crippen molar-refractivity contribution in [1.82, 2.24) is 4.72 Å². The zero-order valence-electron chi connectivity index (χ0n) is 12.7. The Balaban J connectivity index is 1.81. The summed E-state index contributed by atoms with van der Waals surface area (Å²) in [5, 5.41) is 8.93. The van der Waals surface area contributed by atoms with Gasteiger partial charge in [0, 0.05) is 0 Å². The maximum atomic E-state index is 12.6. The number of hydrogen-bond acceptors (Lipinski definition) is 3. The van der Waals surface area contributed by atoms with Gasteiger partial charge < -0.3 is 0 Å². The van der Waals surface area contributed by atoms with Crippen LogP contribution in [0.1, 0.15) is 36.0 Å². The highest BCUT2D eigenvalue weighted by Crippen LogP contribution is 2.41. The Labute approximate surface area is 136 Å². The molecule has 3 rings (SSSR count). The molecule has 1 N–H and O–H groups in total. The van der Waals surface area contributed by atoms with Crippen molar-refractivity contribution in [2.75, 3.05) is 0 Å². The lowest BCUT2D eigenvalue weighted by Gasteiger charge is -2.42. The molecule has 5 heteroatoms. The molecule has 2 aromatic carbocycles. The van der Waals surface area contributed by atoms with E-state index >= 15 is 0 Å². The molecule has 2 aromatic rings. The molecule has 0 radical (unpaired) electrons. The van der Waals surface area contributed by atoms with Gasteiger partial charge in [-0.25, -0.2) is 13.1 Å². The van der Waals surface area contributed by atoms with Gasteiger partial charge in [-0.2, -0.15) is 5.26 Å². The first-order chi connectivity index (χ1) is 11.0. The maximum Gasteiger partial charge on any atom is 0.216 e. The molecule has 0 heterocycles. The summed E-state index contributed by atoms with van der Waals surface area (Å²) in [5.41, 5.74) is 1.63. The molecular weight excluding hydrogens is 308 g/mol. The zero-order chi connectivity index (χ0) is 16.3. The second-order valence-electron chi connectivity index (χ2n) is 5.98. The molecule has 1 aliphatic carbocycles. The van der Waals surface area contributed by atoms with Crippen LogP contribution in [-0.2, 0) is 21.3 Å². The standard InChI is InChI=1S/C18H18N2O2S/c19-13-15-6-4-7-16(12-15)14-23(21,22)20-18(10-5-11-18)17-8-2-1-3-9-17/h1-4,6-9,12,20H,5,10-11,14H2. The Morgan fingerprint density at radius 1 is 1.09 bits per heavy atom. The van der Waals surface area contributed by atoms with Gasteiger partial charge in [0.25, 0.3) is 0 Å². The highest BCUT2D eigenvalue weighted by atomic mass is 32.2. The van der Waals surface area contributed by atoms with Gasteiger partial charge in [0.2, 0.25) is 10.0 Å². The minimum absolute atomic E-state index is 0.114. The number of nitrogens with one attached hydrogen (secondary N) is 1. The van der Waals surface area contributed by atoms with E-state index < -0.39 is 15.6 Å². The van der Waals surface area contributed by atoms with Gasteiger partial charge in [-0.1, -0.05) is 42.5 Å². The van der Waals surface area contributed by atoms with Crippen molar-refractivity contribution in [3.63, 3.8) is 0 Å². The monoisotopic (exact) mass is 326 g/mol. The van der Waals surface area contributed by atoms with Gasteiger partial charge in [0.15, 0.2) is 0 Å². The van der Waals surface area contributed by atoms with Gasteiger partial charge in [0.05, 0.1) is 22.9 Å². The molecule has 0 aromatic heterocycles. The van der Waals surface area contributed by atoms with E-state index in [1.165, 1.54) is 0 Å². The van der Waals surface area contributed by atoms with Gasteiger partial charge in [-0.3, -0.25) is 0 Å². The predicted molar refractivity (Wildman–Crippen MR) is 88.9 cm³/mol. The number of nitriles is 1. The minimum Gasteiger partial charge on any atom is -0.212 e. The number of rotatable bonds is 5. The summed E-state index contributed by atoms with van der Waals surface area (Å²) in [4.78, 5) is 0. The molecule has 0 saturated heterocycles. The Hall–Kier alpha value is -2.16. The number of hydrogen-bond donors (Lipinski definition) is 1. The van der Waals surface area contributed by atoms with E-state index in [2.05, 4.69) is 4.72 Å². The molecule has 0 unspecified atom stereocenters. The number of nitrogens with zero attached hydrogens (tertiary/aromatic N) is 1. The minimum atomic E-state index is -3.49. The summed E-state index contributed by atoms with van der Waals surface area (Å²) in [6, 6.07) is 18.5. The molecule has 23 heavy (non-hydrogen) atoms. The van der Waals surface area contributed by atoms with E-state index in [4.69, 9.17) is 5.26 Å². The van der Waals surface area contributed by atoms with Crippen LogP contribution >= 0.6 is 0 Å². The van der Waals surface area contributed by atoms with E-state index in [1.54, 1.807) is 24.3 Å². The largest absolute Gasteiger partial charge is 0.216 e. The van der Waals surface area contributed by atoms with Crippen molar-refractivity contribution >= 4 is 10.0 Å². The van der Waals surface area contributed by atoms with Crippen molar-refractivity contribution in [2.45, 2.75) is 30.6 Å². The van der Waals surface area contributed by atoms with Crippen LogP contribution in [0.5, 0.6) is 0 Å². The van der Waals surface area contributed by atoms with Gasteiger partial charge in [0.1, 0.15) is 0 Å². The first-order valence-corrected chi connectivity index (χ1v) is 9.24. The Morgan fingerprint density at radius 2 is 1.83 bits per heavy atom. The highest BCUT2D eigenvalue weighted by molar-refractivity contribution is 7.88. The van der Waals surface area contributed by atoms with Crippen molar-refractivity contribution in [3.05, 3.63) is 71.3 Å². The smallest absolute Gasteiger partial charge is 0.212 e. The maximum absolute atomic E-state index is 12.6. The molecule has 0 spiro atoms. The third kappa shape index (κ3) is 3.44. The average Bonchev–Trinajstić information content (AvgIpc) is 2.51. The van der Waals surface area contributed by atoms with Gasteiger partial charge in [-0.05, 0) is 42.5 Å². The fourth-order valence-corrected chi connectivity index (χ4v) is 4.63. The molecular formula is C18H18N2O2S. The molecule has 1 saturated carbocycles. The molecule has 0 aliphatic heterocycles. The van der Waals surface area contributed by atoms with E-state index in [0.717, 1.165) is 24.8 Å². The van der Waals surface area contributed by atoms with E-state index in [9.17, 15) is 8.42 Å². The molecule has 4 nitrogen and oxygen atoms in total. The van der Waals surface area contributed by atoms with Crippen LogP contribution in [0.2, 0.25) is 0 Å². The Bertz CT molecular complexity index is 835. The third-order valence-electron chi connectivity index (χ3n) is 4.30. The molecule has 0 bridgehead atoms. The van der Waals surface area contributed by atoms with Crippen LogP contribution in [-0.4, -0.2) is 8.42 Å². The summed E-state index contributed by atoms with van der Waals surface area (Å²) in [5.74, 6) is -0.114. The van der Waals surface area contributed by atoms with Crippen molar-refractivity contribution < 1.29 is 8.42 Å². The summed E-state index contributed by atoms with van der Waals surface area (Å²) in [7, 11) is -3.49. The Kier molecular flexibility index (Phi) is 4.20. The fraction of sp³-hybridized carbons (Fsp3) is 0.278. The average molecular weight is 326 g/mol. The van der Waals surface area contributed by atoms with Gasteiger partial charge in [-0.15, -0.1) is 0 Å². The van der Waals surface area contributed by atoms with E-state index in [0.29, 0.717) is 11.1 Å². The van der Waals surface area contributed by atoms with Crippen LogP contribution in [0.3, 0.4) is 0 Å². The van der Waals surface area contributed by atoms with Crippen molar-refractivity contribution in [1.29, 1.82) is 5.26 Å². The summed E-state index contributed by atoms with van der Waals surface area (Å²) in [6.07, 6.45) is 2.64. The highest BCUT2D eigenvalue weighted by Gasteiger charge is 2.41. The Morgan fingerprint density at radius 3 is 2.43 bits per heavy atom. The second-order valence-corrected chi connectivity index (χ2v) is 7.70. The lowest BCUT2D eigenvalue weighted by molar-refractivity contribution is 0.224. The number of sulfonamides is 1. The first-order valence-electron chi connectivity index (χ1n) is 7.59. The van der Waals surface area contributed by atoms with Crippen LogP contribution < -0.4 is 4.72 Å². The summed E-state index contributed by atoms with van der Waals surface area (Å²) < 4.78 is 28.1. The molecule has 1 aliphatic rings. The van der Waals surface area contributed by atoms with Crippen molar-refractivity contribution in [2.24, 2.45) is 0 Å². The SMILES string of the molecule is N#Cc1cccc(CS(=O)(=O)NC2(c3ccccc3)CCC2)c1. The summed E-state index contributed by atoms with van der Waals surface area (Å²) in [6.45, 7) is 0. The van der Waals surface area contributed by atoms with Gasteiger partial charge >= 0.3 is 0 Å². The lowest BCUT2D eigenvalue weighted by atomic mass is 9.73.